The van der Waals surface area contributed by atoms with Gasteiger partial charge in [0.25, 0.3) is 0 Å². The summed E-state index contributed by atoms with van der Waals surface area (Å²) < 4.78 is 16.7. The zero-order chi connectivity index (χ0) is 11.7. The van der Waals surface area contributed by atoms with Crippen LogP contribution in [0.5, 0.6) is 5.75 Å². The summed E-state index contributed by atoms with van der Waals surface area (Å²) in [6, 6.07) is 8.01. The van der Waals surface area contributed by atoms with Crippen LogP contribution in [0, 0.1) is 5.92 Å². The summed E-state index contributed by atoms with van der Waals surface area (Å²) in [4.78, 5) is 0. The maximum Gasteiger partial charge on any atom is 0.124 e. The van der Waals surface area contributed by atoms with Gasteiger partial charge in [0.1, 0.15) is 11.9 Å². The molecule has 0 amide bonds. The molecule has 2 aliphatic rings. The monoisotopic (exact) mass is 234 g/mol. The first-order valence-electron chi connectivity index (χ1n) is 6.23. The van der Waals surface area contributed by atoms with Crippen LogP contribution in [-0.4, -0.2) is 25.9 Å². The molecule has 0 radical (unpaired) electrons. The van der Waals surface area contributed by atoms with Crippen molar-refractivity contribution in [1.29, 1.82) is 0 Å². The fraction of sp³-hybridized carbons (Fsp3) is 0.571. The minimum atomic E-state index is 0.292. The summed E-state index contributed by atoms with van der Waals surface area (Å²) in [5.74, 6) is 1.62. The molecular weight excluding hydrogens is 216 g/mol. The van der Waals surface area contributed by atoms with E-state index in [2.05, 4.69) is 6.07 Å². The number of ether oxygens (including phenoxy) is 3. The van der Waals surface area contributed by atoms with Crippen LogP contribution in [0.1, 0.15) is 18.4 Å². The highest BCUT2D eigenvalue weighted by atomic mass is 16.6. The van der Waals surface area contributed by atoms with Crippen molar-refractivity contribution in [2.24, 2.45) is 5.92 Å². The first kappa shape index (κ1) is 11.1. The molecule has 17 heavy (non-hydrogen) atoms. The topological polar surface area (TPSA) is 31.0 Å². The van der Waals surface area contributed by atoms with Crippen LogP contribution in [-0.2, 0) is 16.1 Å². The van der Waals surface area contributed by atoms with Crippen molar-refractivity contribution in [3.8, 4) is 5.75 Å². The largest absolute Gasteiger partial charge is 0.496 e. The Hall–Kier alpha value is -1.06. The highest BCUT2D eigenvalue weighted by Gasteiger charge is 2.43. The molecule has 2 atom stereocenters. The fourth-order valence-corrected chi connectivity index (χ4v) is 2.23. The van der Waals surface area contributed by atoms with Crippen molar-refractivity contribution in [2.75, 3.05) is 13.7 Å². The van der Waals surface area contributed by atoms with E-state index in [9.17, 15) is 0 Å². The van der Waals surface area contributed by atoms with Gasteiger partial charge in [0, 0.05) is 5.56 Å². The van der Waals surface area contributed by atoms with Gasteiger partial charge in [0.05, 0.1) is 26.4 Å². The van der Waals surface area contributed by atoms with Crippen molar-refractivity contribution in [3.05, 3.63) is 29.8 Å². The molecule has 2 fully saturated rings. The van der Waals surface area contributed by atoms with E-state index in [0.717, 1.165) is 23.8 Å². The molecular formula is C14H18O3. The van der Waals surface area contributed by atoms with Crippen molar-refractivity contribution in [3.63, 3.8) is 0 Å². The highest BCUT2D eigenvalue weighted by molar-refractivity contribution is 5.32. The van der Waals surface area contributed by atoms with Crippen LogP contribution in [0.2, 0.25) is 0 Å². The molecule has 3 nitrogen and oxygen atoms in total. The predicted octanol–water partition coefficient (Wildman–Crippen LogP) is 2.39. The summed E-state index contributed by atoms with van der Waals surface area (Å²) in [6.45, 7) is 1.48. The van der Waals surface area contributed by atoms with Crippen molar-refractivity contribution in [1.82, 2.24) is 0 Å². The molecule has 1 saturated carbocycles. The van der Waals surface area contributed by atoms with E-state index in [0.29, 0.717) is 18.8 Å². The Morgan fingerprint density at radius 3 is 2.76 bits per heavy atom. The average Bonchev–Trinajstić information content (AvgIpc) is 3.23. The lowest BCUT2D eigenvalue weighted by molar-refractivity contribution is 0.00676. The molecule has 0 aromatic heterocycles. The van der Waals surface area contributed by atoms with Gasteiger partial charge in [-0.1, -0.05) is 18.2 Å². The number of hydrogen-bond acceptors (Lipinski definition) is 3. The lowest BCUT2D eigenvalue weighted by Crippen LogP contribution is -2.22. The maximum absolute atomic E-state index is 6.01. The second-order valence-corrected chi connectivity index (χ2v) is 4.80. The SMILES string of the molecule is COc1ccccc1CO[C@H](C1CC1)[C@H]1CO1. The number of benzene rings is 1. The predicted molar refractivity (Wildman–Crippen MR) is 64.0 cm³/mol. The third-order valence-corrected chi connectivity index (χ3v) is 3.44. The quantitative estimate of drug-likeness (QED) is 0.708. The smallest absolute Gasteiger partial charge is 0.124 e. The van der Waals surface area contributed by atoms with Crippen molar-refractivity contribution < 1.29 is 14.2 Å². The van der Waals surface area contributed by atoms with E-state index < -0.39 is 0 Å². The standard InChI is InChI=1S/C14H18O3/c1-15-12-5-3-2-4-11(12)8-17-14(10-6-7-10)13-9-16-13/h2-5,10,13-14H,6-9H2,1H3/t13-,14-/m1/s1. The Balaban J connectivity index is 1.61. The lowest BCUT2D eigenvalue weighted by Gasteiger charge is -2.16. The van der Waals surface area contributed by atoms with Crippen LogP contribution in [0.4, 0.5) is 0 Å². The molecule has 3 rings (SSSR count). The van der Waals surface area contributed by atoms with E-state index in [-0.39, 0.29) is 0 Å². The van der Waals surface area contributed by atoms with Crippen LogP contribution in [0.3, 0.4) is 0 Å². The lowest BCUT2D eigenvalue weighted by atomic mass is 10.1. The average molecular weight is 234 g/mol. The Kier molecular flexibility index (Phi) is 3.04. The molecule has 1 heterocycles. The molecule has 1 saturated heterocycles. The third-order valence-electron chi connectivity index (χ3n) is 3.44. The second-order valence-electron chi connectivity index (χ2n) is 4.80. The van der Waals surface area contributed by atoms with Gasteiger partial charge in [-0.05, 0) is 24.8 Å². The minimum Gasteiger partial charge on any atom is -0.496 e. The number of methoxy groups -OCH3 is 1. The molecule has 0 spiro atoms. The summed E-state index contributed by atoms with van der Waals surface area (Å²) in [5.41, 5.74) is 1.11. The van der Waals surface area contributed by atoms with Gasteiger partial charge in [-0.15, -0.1) is 0 Å². The van der Waals surface area contributed by atoms with E-state index in [4.69, 9.17) is 14.2 Å². The Labute approximate surface area is 102 Å². The van der Waals surface area contributed by atoms with Gasteiger partial charge < -0.3 is 14.2 Å². The van der Waals surface area contributed by atoms with Gasteiger partial charge >= 0.3 is 0 Å². The van der Waals surface area contributed by atoms with Gasteiger partial charge in [-0.3, -0.25) is 0 Å². The van der Waals surface area contributed by atoms with Crippen LogP contribution >= 0.6 is 0 Å². The van der Waals surface area contributed by atoms with Gasteiger partial charge in [-0.2, -0.15) is 0 Å². The zero-order valence-corrected chi connectivity index (χ0v) is 10.1. The molecule has 0 unspecified atom stereocenters. The van der Waals surface area contributed by atoms with Crippen LogP contribution in [0.15, 0.2) is 24.3 Å². The van der Waals surface area contributed by atoms with Crippen LogP contribution < -0.4 is 4.74 Å². The summed E-state index contributed by atoms with van der Waals surface area (Å²) >= 11 is 0. The third kappa shape index (κ3) is 2.61. The molecule has 1 aliphatic carbocycles. The molecule has 92 valence electrons. The molecule has 3 heteroatoms. The molecule has 1 aliphatic heterocycles. The van der Waals surface area contributed by atoms with E-state index >= 15 is 0 Å². The van der Waals surface area contributed by atoms with E-state index in [1.807, 2.05) is 18.2 Å². The summed E-state index contributed by atoms with van der Waals surface area (Å²) in [7, 11) is 1.70. The molecule has 0 N–H and O–H groups in total. The highest BCUT2D eigenvalue weighted by Crippen LogP contribution is 2.40. The van der Waals surface area contributed by atoms with Crippen molar-refractivity contribution >= 4 is 0 Å². The van der Waals surface area contributed by atoms with Gasteiger partial charge in [0.2, 0.25) is 0 Å². The summed E-state index contributed by atoms with van der Waals surface area (Å²) in [5, 5.41) is 0. The number of para-hydroxylation sites is 1. The minimum absolute atomic E-state index is 0.292. The van der Waals surface area contributed by atoms with Gasteiger partial charge in [0.15, 0.2) is 0 Å². The van der Waals surface area contributed by atoms with Gasteiger partial charge in [-0.25, -0.2) is 0 Å². The number of hydrogen-bond donors (Lipinski definition) is 0. The first-order chi connectivity index (χ1) is 8.38. The maximum atomic E-state index is 6.01. The number of rotatable bonds is 6. The first-order valence-corrected chi connectivity index (χ1v) is 6.23. The fourth-order valence-electron chi connectivity index (χ4n) is 2.23. The molecule has 1 aromatic rings. The van der Waals surface area contributed by atoms with E-state index in [1.54, 1.807) is 7.11 Å². The Morgan fingerprint density at radius 2 is 2.12 bits per heavy atom. The van der Waals surface area contributed by atoms with E-state index in [1.165, 1.54) is 12.8 Å². The number of epoxide rings is 1. The molecule has 0 bridgehead atoms. The Morgan fingerprint density at radius 1 is 1.35 bits per heavy atom. The zero-order valence-electron chi connectivity index (χ0n) is 10.1. The molecule has 1 aromatic carbocycles. The van der Waals surface area contributed by atoms with Crippen molar-refractivity contribution in [2.45, 2.75) is 31.7 Å². The summed E-state index contributed by atoms with van der Waals surface area (Å²) in [6.07, 6.45) is 3.21. The normalized spacial score (nSPS) is 24.4. The Bertz CT molecular complexity index is 371. The van der Waals surface area contributed by atoms with Crippen LogP contribution in [0.25, 0.3) is 0 Å². The second kappa shape index (κ2) is 4.67.